The summed E-state index contributed by atoms with van der Waals surface area (Å²) in [5, 5.41) is 12.8. The Morgan fingerprint density at radius 1 is 1.14 bits per heavy atom. The minimum atomic E-state index is -0.181. The second kappa shape index (κ2) is 10.1. The third-order valence-electron chi connectivity index (χ3n) is 5.89. The Morgan fingerprint density at radius 2 is 1.91 bits per heavy atom. The lowest BCUT2D eigenvalue weighted by Gasteiger charge is -2.21. The number of hydrogen-bond acceptors (Lipinski definition) is 6. The first-order valence-electron chi connectivity index (χ1n) is 11.7. The monoisotopic (exact) mass is 493 g/mol. The molecule has 0 aliphatic heterocycles. The van der Waals surface area contributed by atoms with E-state index < -0.39 is 0 Å². The van der Waals surface area contributed by atoms with E-state index in [1.165, 1.54) is 11.8 Å². The number of anilines is 1. The van der Waals surface area contributed by atoms with Crippen molar-refractivity contribution in [3.05, 3.63) is 58.4 Å². The van der Waals surface area contributed by atoms with E-state index in [4.69, 9.17) is 4.74 Å². The number of nitrogens with zero attached hydrogens (tertiary/aromatic N) is 4. The smallest absolute Gasteiger partial charge is 0.262 e. The Hall–Kier alpha value is -3.33. The van der Waals surface area contributed by atoms with Crippen LogP contribution in [-0.4, -0.2) is 37.9 Å². The van der Waals surface area contributed by atoms with Crippen molar-refractivity contribution in [2.24, 2.45) is 0 Å². The summed E-state index contributed by atoms with van der Waals surface area (Å²) in [4.78, 5) is 26.0. The molecular formula is C26H31N5O3S. The van der Waals surface area contributed by atoms with Gasteiger partial charge < -0.3 is 10.1 Å². The molecular weight excluding hydrogens is 462 g/mol. The quantitative estimate of drug-likeness (QED) is 0.352. The molecule has 4 aromatic rings. The molecule has 4 rings (SSSR count). The zero-order valence-corrected chi connectivity index (χ0v) is 21.6. The first-order chi connectivity index (χ1) is 16.7. The van der Waals surface area contributed by atoms with Gasteiger partial charge in [0.2, 0.25) is 11.7 Å². The van der Waals surface area contributed by atoms with Gasteiger partial charge in [0.25, 0.3) is 5.56 Å². The Balaban J connectivity index is 1.62. The van der Waals surface area contributed by atoms with E-state index >= 15 is 0 Å². The third-order valence-corrected chi connectivity index (χ3v) is 6.81. The topological polar surface area (TPSA) is 90.5 Å². The Morgan fingerprint density at radius 3 is 2.63 bits per heavy atom. The number of amides is 1. The van der Waals surface area contributed by atoms with Crippen LogP contribution in [-0.2, 0) is 16.8 Å². The SMILES string of the molecule is CCCCn1c(=O)c2ccccc2n2c(SCC(=O)Nc3cc(C(C)(C)C)ccc3OC)nnc12. The molecule has 2 aromatic heterocycles. The lowest BCUT2D eigenvalue weighted by Crippen LogP contribution is -2.23. The number of aryl methyl sites for hydroxylation is 1. The van der Waals surface area contributed by atoms with Gasteiger partial charge in [-0.3, -0.25) is 18.6 Å². The highest BCUT2D eigenvalue weighted by atomic mass is 32.2. The van der Waals surface area contributed by atoms with E-state index in [1.54, 1.807) is 11.7 Å². The van der Waals surface area contributed by atoms with Crippen LogP contribution < -0.4 is 15.6 Å². The summed E-state index contributed by atoms with van der Waals surface area (Å²) in [5.41, 5.74) is 2.33. The first-order valence-corrected chi connectivity index (χ1v) is 12.7. The number of fused-ring (bicyclic) bond motifs is 3. The van der Waals surface area contributed by atoms with Crippen LogP contribution in [0.15, 0.2) is 52.4 Å². The second-order valence-electron chi connectivity index (χ2n) is 9.45. The molecule has 184 valence electrons. The van der Waals surface area contributed by atoms with Gasteiger partial charge >= 0.3 is 0 Å². The fourth-order valence-corrected chi connectivity index (χ4v) is 4.67. The fourth-order valence-electron chi connectivity index (χ4n) is 3.93. The Labute approximate surface area is 208 Å². The molecule has 1 N–H and O–H groups in total. The number of unbranched alkanes of at least 4 members (excludes halogenated alkanes) is 1. The zero-order valence-electron chi connectivity index (χ0n) is 20.8. The number of ether oxygens (including phenoxy) is 1. The van der Waals surface area contributed by atoms with E-state index in [-0.39, 0.29) is 22.6 Å². The number of aromatic nitrogens is 4. The van der Waals surface area contributed by atoms with Crippen LogP contribution in [0.5, 0.6) is 5.75 Å². The number of nitrogens with one attached hydrogen (secondary N) is 1. The predicted molar refractivity (Wildman–Crippen MR) is 141 cm³/mol. The van der Waals surface area contributed by atoms with E-state index in [1.807, 2.05) is 46.9 Å². The highest BCUT2D eigenvalue weighted by Crippen LogP contribution is 2.32. The normalized spacial score (nSPS) is 11.8. The molecule has 0 aliphatic rings. The molecule has 0 radical (unpaired) electrons. The molecule has 2 heterocycles. The average molecular weight is 494 g/mol. The van der Waals surface area contributed by atoms with E-state index in [2.05, 4.69) is 43.2 Å². The van der Waals surface area contributed by atoms with Crippen LogP contribution >= 0.6 is 11.8 Å². The summed E-state index contributed by atoms with van der Waals surface area (Å²) >= 11 is 1.28. The van der Waals surface area contributed by atoms with Gasteiger partial charge in [0, 0.05) is 6.54 Å². The maximum atomic E-state index is 13.1. The largest absolute Gasteiger partial charge is 0.495 e. The molecule has 0 saturated carbocycles. The first kappa shape index (κ1) is 24.8. The van der Waals surface area contributed by atoms with Crippen LogP contribution in [0.25, 0.3) is 16.7 Å². The summed E-state index contributed by atoms with van der Waals surface area (Å²) < 4.78 is 8.98. The maximum Gasteiger partial charge on any atom is 0.262 e. The molecule has 35 heavy (non-hydrogen) atoms. The van der Waals surface area contributed by atoms with Crippen LogP contribution in [0, 0.1) is 0 Å². The van der Waals surface area contributed by atoms with Crippen molar-refractivity contribution in [2.75, 3.05) is 18.2 Å². The van der Waals surface area contributed by atoms with Gasteiger partial charge in [-0.15, -0.1) is 10.2 Å². The van der Waals surface area contributed by atoms with Crippen molar-refractivity contribution in [1.82, 2.24) is 19.2 Å². The Bertz CT molecular complexity index is 1430. The Kier molecular flexibility index (Phi) is 7.16. The summed E-state index contributed by atoms with van der Waals surface area (Å²) in [5.74, 6) is 1.05. The molecule has 0 spiro atoms. The fraction of sp³-hybridized carbons (Fsp3) is 0.385. The lowest BCUT2D eigenvalue weighted by molar-refractivity contribution is -0.113. The molecule has 0 unspecified atom stereocenters. The molecule has 0 aliphatic carbocycles. The van der Waals surface area contributed by atoms with Crippen LogP contribution in [0.4, 0.5) is 5.69 Å². The summed E-state index contributed by atoms with van der Waals surface area (Å²) in [6.07, 6.45) is 1.82. The van der Waals surface area contributed by atoms with Gasteiger partial charge in [-0.2, -0.15) is 0 Å². The van der Waals surface area contributed by atoms with Gasteiger partial charge in [0.05, 0.1) is 29.5 Å². The van der Waals surface area contributed by atoms with Crippen molar-refractivity contribution in [3.63, 3.8) is 0 Å². The minimum Gasteiger partial charge on any atom is -0.495 e. The van der Waals surface area contributed by atoms with Gasteiger partial charge in [-0.25, -0.2) is 0 Å². The van der Waals surface area contributed by atoms with E-state index in [0.717, 1.165) is 23.9 Å². The molecule has 8 nitrogen and oxygen atoms in total. The standard InChI is InChI=1S/C26H31N5O3S/c1-6-7-14-30-23(33)18-10-8-9-11-20(18)31-24(30)28-29-25(31)35-16-22(32)27-19-15-17(26(2,3)4)12-13-21(19)34-5/h8-13,15H,6-7,14,16H2,1-5H3,(H,27,32). The lowest BCUT2D eigenvalue weighted by atomic mass is 9.87. The molecule has 2 aromatic carbocycles. The highest BCUT2D eigenvalue weighted by molar-refractivity contribution is 7.99. The number of methoxy groups -OCH3 is 1. The predicted octanol–water partition coefficient (Wildman–Crippen LogP) is 4.88. The van der Waals surface area contributed by atoms with Crippen LogP contribution in [0.3, 0.4) is 0 Å². The van der Waals surface area contributed by atoms with Crippen molar-refractivity contribution in [2.45, 2.75) is 57.7 Å². The zero-order chi connectivity index (χ0) is 25.2. The highest BCUT2D eigenvalue weighted by Gasteiger charge is 2.19. The molecule has 9 heteroatoms. The number of rotatable bonds is 8. The molecule has 0 bridgehead atoms. The maximum absolute atomic E-state index is 13.1. The summed E-state index contributed by atoms with van der Waals surface area (Å²) in [6.45, 7) is 9.02. The second-order valence-corrected chi connectivity index (χ2v) is 10.4. The van der Waals surface area contributed by atoms with Crippen molar-refractivity contribution >= 4 is 40.0 Å². The minimum absolute atomic E-state index is 0.0600. The van der Waals surface area contributed by atoms with E-state index in [0.29, 0.717) is 34.3 Å². The number of hydrogen-bond donors (Lipinski definition) is 1. The summed E-state index contributed by atoms with van der Waals surface area (Å²) in [6, 6.07) is 13.3. The number of para-hydroxylation sites is 1. The number of thioether (sulfide) groups is 1. The third kappa shape index (κ3) is 5.05. The van der Waals surface area contributed by atoms with Crippen molar-refractivity contribution < 1.29 is 9.53 Å². The van der Waals surface area contributed by atoms with Gasteiger partial charge in [0.1, 0.15) is 5.75 Å². The van der Waals surface area contributed by atoms with Crippen LogP contribution in [0.1, 0.15) is 46.1 Å². The van der Waals surface area contributed by atoms with Gasteiger partial charge in [0.15, 0.2) is 5.16 Å². The van der Waals surface area contributed by atoms with Gasteiger partial charge in [-0.05, 0) is 41.7 Å². The molecule has 0 fully saturated rings. The van der Waals surface area contributed by atoms with Gasteiger partial charge in [-0.1, -0.05) is 64.1 Å². The number of carbonyl (C=O) groups is 1. The van der Waals surface area contributed by atoms with E-state index in [9.17, 15) is 9.59 Å². The van der Waals surface area contributed by atoms with Crippen molar-refractivity contribution in [1.29, 1.82) is 0 Å². The van der Waals surface area contributed by atoms with Crippen molar-refractivity contribution in [3.8, 4) is 5.75 Å². The van der Waals surface area contributed by atoms with Crippen LogP contribution in [0.2, 0.25) is 0 Å². The summed E-state index contributed by atoms with van der Waals surface area (Å²) in [7, 11) is 1.59. The average Bonchev–Trinajstić information content (AvgIpc) is 3.26. The molecule has 0 saturated heterocycles. The molecule has 0 atom stereocenters. The number of carbonyl (C=O) groups excluding carboxylic acids is 1. The molecule has 1 amide bonds. The number of benzene rings is 2.